The summed E-state index contributed by atoms with van der Waals surface area (Å²) in [6.07, 6.45) is -0.342. The summed E-state index contributed by atoms with van der Waals surface area (Å²) in [7, 11) is 1.71. The van der Waals surface area contributed by atoms with Crippen LogP contribution in [0.4, 0.5) is 30.5 Å². The maximum atomic E-state index is 13.8. The second kappa shape index (κ2) is 13.2. The molecule has 210 valence electrons. The van der Waals surface area contributed by atoms with Crippen LogP contribution in [0.2, 0.25) is 0 Å². The molecular formula is C25H35F3N6O3S. The molecule has 1 aromatic carbocycles. The quantitative estimate of drug-likeness (QED) is 0.117. The number of nitrogens with zero attached hydrogens (tertiary/aromatic N) is 2. The molecular weight excluding hydrogens is 521 g/mol. The molecule has 38 heavy (non-hydrogen) atoms. The highest BCUT2D eigenvalue weighted by Gasteiger charge is 2.40. The molecule has 2 fully saturated rings. The fourth-order valence-corrected chi connectivity index (χ4v) is 5.24. The second-order valence-corrected chi connectivity index (χ2v) is 10.7. The van der Waals surface area contributed by atoms with Crippen molar-refractivity contribution in [1.82, 2.24) is 15.4 Å². The Morgan fingerprint density at radius 2 is 1.89 bits per heavy atom. The molecule has 0 amide bonds. The van der Waals surface area contributed by atoms with Gasteiger partial charge in [-0.3, -0.25) is 0 Å². The van der Waals surface area contributed by atoms with Crippen LogP contribution >= 0.6 is 11.8 Å². The SMILES string of the molecule is CCCSc1nc(N[C@@H]2C[C@H](OCC(F)CO)[C@@H](O)C2)c(NNC)c(N[C@@H]2C[C@H]2c2ccc(F)c(F)c2)n1. The number of benzene rings is 1. The van der Waals surface area contributed by atoms with Crippen LogP contribution in [-0.2, 0) is 4.74 Å². The first kappa shape index (κ1) is 28.7. The highest BCUT2D eigenvalue weighted by atomic mass is 32.2. The van der Waals surface area contributed by atoms with Gasteiger partial charge in [-0.1, -0.05) is 24.8 Å². The standard InChI is InChI=1S/C25H35F3N6O3S/c1-3-6-38-25-32-23(30-15-8-20(36)21(9-15)37-12-14(26)11-35)22(34-29-2)24(33-25)31-19-10-16(19)13-4-5-17(27)18(28)7-13/h4-5,7,14-16,19-21,29,34-36H,3,6,8-12H2,1-2H3,(H2,30,31,32,33)/t14?,15-,16-,19+,20-,21-/m0/s1. The fraction of sp³-hybridized carbons (Fsp3) is 0.600. The Bertz CT molecular complexity index is 1090. The van der Waals surface area contributed by atoms with Crippen LogP contribution in [0, 0.1) is 11.6 Å². The van der Waals surface area contributed by atoms with Gasteiger partial charge in [0.1, 0.15) is 11.9 Å². The maximum absolute atomic E-state index is 13.8. The second-order valence-electron chi connectivity index (χ2n) is 9.60. The van der Waals surface area contributed by atoms with Crippen molar-refractivity contribution in [3.05, 3.63) is 35.4 Å². The summed E-state index contributed by atoms with van der Waals surface area (Å²) in [5.41, 5.74) is 7.30. The van der Waals surface area contributed by atoms with E-state index in [1.54, 1.807) is 13.1 Å². The van der Waals surface area contributed by atoms with Gasteiger partial charge in [0.15, 0.2) is 28.4 Å². The molecule has 2 aromatic rings. The Labute approximate surface area is 224 Å². The Balaban J connectivity index is 1.52. The monoisotopic (exact) mass is 556 g/mol. The van der Waals surface area contributed by atoms with Crippen molar-refractivity contribution in [3.8, 4) is 0 Å². The van der Waals surface area contributed by atoms with E-state index in [4.69, 9.17) is 19.8 Å². The molecule has 1 unspecified atom stereocenters. The first-order valence-corrected chi connectivity index (χ1v) is 13.8. The summed E-state index contributed by atoms with van der Waals surface area (Å²) in [4.78, 5) is 9.43. The Kier molecular flexibility index (Phi) is 9.93. The van der Waals surface area contributed by atoms with E-state index in [1.807, 2.05) is 0 Å². The molecule has 4 rings (SSSR count). The van der Waals surface area contributed by atoms with Gasteiger partial charge in [-0.05, 0) is 43.4 Å². The van der Waals surface area contributed by atoms with Gasteiger partial charge in [0, 0.05) is 30.8 Å². The third kappa shape index (κ3) is 7.20. The summed E-state index contributed by atoms with van der Waals surface area (Å²) < 4.78 is 46.1. The minimum Gasteiger partial charge on any atom is -0.393 e. The van der Waals surface area contributed by atoms with E-state index in [-0.39, 0.29) is 24.6 Å². The highest BCUT2D eigenvalue weighted by Crippen LogP contribution is 2.45. The van der Waals surface area contributed by atoms with E-state index >= 15 is 0 Å². The van der Waals surface area contributed by atoms with E-state index in [1.165, 1.54) is 17.8 Å². The molecule has 9 nitrogen and oxygen atoms in total. The zero-order valence-corrected chi connectivity index (χ0v) is 22.2. The Morgan fingerprint density at radius 1 is 1.13 bits per heavy atom. The zero-order chi connectivity index (χ0) is 27.2. The number of nitrogens with one attached hydrogen (secondary N) is 4. The van der Waals surface area contributed by atoms with E-state index < -0.39 is 36.6 Å². The number of hydrogen-bond donors (Lipinski definition) is 6. The van der Waals surface area contributed by atoms with E-state index in [0.717, 1.165) is 30.2 Å². The van der Waals surface area contributed by atoms with E-state index in [0.29, 0.717) is 35.3 Å². The van der Waals surface area contributed by atoms with Gasteiger partial charge in [0.25, 0.3) is 0 Å². The maximum Gasteiger partial charge on any atom is 0.191 e. The molecule has 2 aliphatic rings. The van der Waals surface area contributed by atoms with Gasteiger partial charge in [-0.2, -0.15) is 0 Å². The molecule has 1 heterocycles. The van der Waals surface area contributed by atoms with Gasteiger partial charge in [0.2, 0.25) is 0 Å². The van der Waals surface area contributed by atoms with Crippen LogP contribution in [0.25, 0.3) is 0 Å². The number of aliphatic hydroxyl groups excluding tert-OH is 2. The average molecular weight is 557 g/mol. The third-order valence-corrected chi connectivity index (χ3v) is 7.61. The molecule has 1 aromatic heterocycles. The lowest BCUT2D eigenvalue weighted by molar-refractivity contribution is -0.0443. The lowest BCUT2D eigenvalue weighted by Crippen LogP contribution is -2.27. The number of halogens is 3. The number of anilines is 3. The first-order chi connectivity index (χ1) is 18.3. The fourth-order valence-electron chi connectivity index (χ4n) is 4.54. The number of hydrogen-bond acceptors (Lipinski definition) is 10. The summed E-state index contributed by atoms with van der Waals surface area (Å²) >= 11 is 1.52. The number of alkyl halides is 1. The van der Waals surface area contributed by atoms with Crippen molar-refractivity contribution in [2.24, 2.45) is 0 Å². The first-order valence-electron chi connectivity index (χ1n) is 12.8. The molecule has 13 heteroatoms. The minimum atomic E-state index is -1.49. The van der Waals surface area contributed by atoms with Gasteiger partial charge in [-0.25, -0.2) is 28.6 Å². The molecule has 6 N–H and O–H groups in total. The normalized spacial score (nSPS) is 25.3. The third-order valence-electron chi connectivity index (χ3n) is 6.56. The number of hydrazine groups is 1. The molecule has 0 radical (unpaired) electrons. The van der Waals surface area contributed by atoms with Crippen molar-refractivity contribution < 1.29 is 28.1 Å². The molecule has 0 saturated heterocycles. The van der Waals surface area contributed by atoms with Gasteiger partial charge >= 0.3 is 0 Å². The van der Waals surface area contributed by atoms with Crippen LogP contribution in [0.15, 0.2) is 23.4 Å². The lowest BCUT2D eigenvalue weighted by atomic mass is 10.1. The molecule has 0 aliphatic heterocycles. The van der Waals surface area contributed by atoms with Crippen molar-refractivity contribution >= 4 is 29.1 Å². The number of ether oxygens (including phenoxy) is 1. The minimum absolute atomic E-state index is 0.0182. The van der Waals surface area contributed by atoms with Gasteiger partial charge in [-0.15, -0.1) is 0 Å². The Hall–Kier alpha value is -2.32. The molecule has 2 saturated carbocycles. The van der Waals surface area contributed by atoms with E-state index in [9.17, 15) is 18.3 Å². The van der Waals surface area contributed by atoms with Crippen molar-refractivity contribution in [3.63, 3.8) is 0 Å². The molecule has 2 aliphatic carbocycles. The average Bonchev–Trinajstić information content (AvgIpc) is 3.58. The van der Waals surface area contributed by atoms with Crippen LogP contribution < -0.4 is 21.5 Å². The highest BCUT2D eigenvalue weighted by molar-refractivity contribution is 7.99. The Morgan fingerprint density at radius 3 is 2.58 bits per heavy atom. The van der Waals surface area contributed by atoms with Crippen molar-refractivity contribution in [1.29, 1.82) is 0 Å². The lowest BCUT2D eigenvalue weighted by Gasteiger charge is -2.21. The predicted octanol–water partition coefficient (Wildman–Crippen LogP) is 3.42. The number of thioether (sulfide) groups is 1. The van der Waals surface area contributed by atoms with Gasteiger partial charge < -0.3 is 31.0 Å². The van der Waals surface area contributed by atoms with E-state index in [2.05, 4.69) is 28.4 Å². The topological polar surface area (TPSA) is 124 Å². The summed E-state index contributed by atoms with van der Waals surface area (Å²) in [5, 5.41) is 26.7. The van der Waals surface area contributed by atoms with Crippen LogP contribution in [-0.4, -0.2) is 76.7 Å². The molecule has 6 atom stereocenters. The molecule has 0 bridgehead atoms. The van der Waals surface area contributed by atoms with Crippen LogP contribution in [0.5, 0.6) is 0 Å². The number of aliphatic hydroxyl groups is 2. The molecule has 0 spiro atoms. The number of rotatable bonds is 14. The largest absolute Gasteiger partial charge is 0.393 e. The summed E-state index contributed by atoms with van der Waals surface area (Å²) in [6.45, 7) is 1.16. The summed E-state index contributed by atoms with van der Waals surface area (Å²) in [6, 6.07) is 3.77. The van der Waals surface area contributed by atoms with Crippen molar-refractivity contribution in [2.45, 2.75) is 74.1 Å². The van der Waals surface area contributed by atoms with Crippen LogP contribution in [0.1, 0.15) is 44.1 Å². The predicted molar refractivity (Wildman–Crippen MR) is 141 cm³/mol. The smallest absolute Gasteiger partial charge is 0.191 e. The summed E-state index contributed by atoms with van der Waals surface area (Å²) in [5.74, 6) is 0.193. The number of aromatic nitrogens is 2. The van der Waals surface area contributed by atoms with Crippen LogP contribution in [0.3, 0.4) is 0 Å². The van der Waals surface area contributed by atoms with Gasteiger partial charge in [0.05, 0.1) is 25.4 Å². The van der Waals surface area contributed by atoms with Crippen molar-refractivity contribution in [2.75, 3.05) is 42.1 Å². The zero-order valence-electron chi connectivity index (χ0n) is 21.4.